The van der Waals surface area contributed by atoms with Crippen LogP contribution in [0.3, 0.4) is 0 Å². The van der Waals surface area contributed by atoms with Gasteiger partial charge in [0.15, 0.2) is 0 Å². The first kappa shape index (κ1) is 11.5. The van der Waals surface area contributed by atoms with Gasteiger partial charge in [0.1, 0.15) is 5.82 Å². The van der Waals surface area contributed by atoms with Gasteiger partial charge in [-0.3, -0.25) is 0 Å². The molecule has 0 aliphatic carbocycles. The molecule has 0 spiro atoms. The third kappa shape index (κ3) is 4.01. The van der Waals surface area contributed by atoms with Gasteiger partial charge in [-0.1, -0.05) is 11.8 Å². The van der Waals surface area contributed by atoms with Gasteiger partial charge in [0.05, 0.1) is 0 Å². The van der Waals surface area contributed by atoms with Gasteiger partial charge in [0.2, 0.25) is 0 Å². The molecule has 1 rings (SSSR count). The van der Waals surface area contributed by atoms with Crippen molar-refractivity contribution in [2.75, 3.05) is 32.6 Å². The Morgan fingerprint density at radius 3 is 2.73 bits per heavy atom. The van der Waals surface area contributed by atoms with Crippen LogP contribution < -0.4 is 10.2 Å². The summed E-state index contributed by atoms with van der Waals surface area (Å²) >= 11 is 0. The summed E-state index contributed by atoms with van der Waals surface area (Å²) in [4.78, 5) is 6.26. The lowest BCUT2D eigenvalue weighted by molar-refractivity contribution is 0.818. The van der Waals surface area contributed by atoms with E-state index in [2.05, 4.69) is 22.1 Å². The van der Waals surface area contributed by atoms with Crippen LogP contribution in [0.25, 0.3) is 0 Å². The largest absolute Gasteiger partial charge is 0.363 e. The SMILES string of the molecule is CNCCC#Cc1ccc(N(C)C)nc1. The summed E-state index contributed by atoms with van der Waals surface area (Å²) in [5.41, 5.74) is 0.969. The first-order valence-corrected chi connectivity index (χ1v) is 5.01. The number of hydrogen-bond donors (Lipinski definition) is 1. The summed E-state index contributed by atoms with van der Waals surface area (Å²) in [6.45, 7) is 0.927. The summed E-state index contributed by atoms with van der Waals surface area (Å²) in [5, 5.41) is 3.05. The Labute approximate surface area is 91.5 Å². The maximum atomic E-state index is 4.28. The minimum absolute atomic E-state index is 0.867. The highest BCUT2D eigenvalue weighted by Crippen LogP contribution is 2.06. The number of rotatable bonds is 3. The Balaban J connectivity index is 2.59. The zero-order chi connectivity index (χ0) is 11.1. The van der Waals surface area contributed by atoms with Gasteiger partial charge in [0, 0.05) is 38.8 Å². The van der Waals surface area contributed by atoms with E-state index in [1.807, 2.05) is 44.4 Å². The Kier molecular flexibility index (Phi) is 4.65. The number of nitrogens with zero attached hydrogens (tertiary/aromatic N) is 2. The van der Waals surface area contributed by atoms with Crippen LogP contribution in [0.4, 0.5) is 5.82 Å². The van der Waals surface area contributed by atoms with Gasteiger partial charge in [-0.05, 0) is 19.2 Å². The maximum absolute atomic E-state index is 4.28. The smallest absolute Gasteiger partial charge is 0.128 e. The summed E-state index contributed by atoms with van der Waals surface area (Å²) in [6, 6.07) is 3.97. The highest BCUT2D eigenvalue weighted by Gasteiger charge is 1.94. The molecule has 3 nitrogen and oxygen atoms in total. The predicted molar refractivity (Wildman–Crippen MR) is 64.0 cm³/mol. The highest BCUT2D eigenvalue weighted by molar-refractivity contribution is 5.41. The lowest BCUT2D eigenvalue weighted by Crippen LogP contribution is -2.10. The predicted octanol–water partition coefficient (Wildman–Crippen LogP) is 1.11. The molecule has 0 saturated heterocycles. The molecule has 0 unspecified atom stereocenters. The standard InChI is InChI=1S/C12H17N3/c1-13-9-5-4-6-11-7-8-12(14-10-11)15(2)3/h7-8,10,13H,5,9H2,1-3H3. The van der Waals surface area contributed by atoms with Crippen molar-refractivity contribution < 1.29 is 0 Å². The minimum Gasteiger partial charge on any atom is -0.363 e. The van der Waals surface area contributed by atoms with E-state index in [4.69, 9.17) is 0 Å². The third-order valence-electron chi connectivity index (χ3n) is 1.94. The van der Waals surface area contributed by atoms with Gasteiger partial charge in [-0.2, -0.15) is 0 Å². The number of pyridine rings is 1. The van der Waals surface area contributed by atoms with Gasteiger partial charge in [-0.25, -0.2) is 4.98 Å². The monoisotopic (exact) mass is 203 g/mol. The van der Waals surface area contributed by atoms with Crippen LogP contribution in [0.15, 0.2) is 18.3 Å². The van der Waals surface area contributed by atoms with Crippen LogP contribution in [0.1, 0.15) is 12.0 Å². The van der Waals surface area contributed by atoms with E-state index in [1.165, 1.54) is 0 Å². The number of nitrogens with one attached hydrogen (secondary N) is 1. The van der Waals surface area contributed by atoms with Crippen LogP contribution >= 0.6 is 0 Å². The Morgan fingerprint density at radius 2 is 2.20 bits per heavy atom. The van der Waals surface area contributed by atoms with Crippen molar-refractivity contribution in [3.63, 3.8) is 0 Å². The Hall–Kier alpha value is -1.53. The number of anilines is 1. The first-order valence-electron chi connectivity index (χ1n) is 5.01. The Bertz CT molecular complexity index is 343. The van der Waals surface area contributed by atoms with E-state index in [9.17, 15) is 0 Å². The molecule has 0 aliphatic rings. The van der Waals surface area contributed by atoms with Crippen LogP contribution in [0, 0.1) is 11.8 Å². The fourth-order valence-electron chi connectivity index (χ4n) is 1.08. The molecular formula is C12H17N3. The van der Waals surface area contributed by atoms with Crippen molar-refractivity contribution in [1.29, 1.82) is 0 Å². The molecule has 0 aliphatic heterocycles. The zero-order valence-corrected chi connectivity index (χ0v) is 9.54. The molecule has 1 aromatic heterocycles. The van der Waals surface area contributed by atoms with Gasteiger partial charge >= 0.3 is 0 Å². The summed E-state index contributed by atoms with van der Waals surface area (Å²) in [5.74, 6) is 7.11. The van der Waals surface area contributed by atoms with Crippen molar-refractivity contribution in [3.05, 3.63) is 23.9 Å². The number of hydrogen-bond acceptors (Lipinski definition) is 3. The molecule has 0 radical (unpaired) electrons. The van der Waals surface area contributed by atoms with Crippen molar-refractivity contribution in [3.8, 4) is 11.8 Å². The highest BCUT2D eigenvalue weighted by atomic mass is 15.1. The van der Waals surface area contributed by atoms with E-state index < -0.39 is 0 Å². The van der Waals surface area contributed by atoms with E-state index >= 15 is 0 Å². The fraction of sp³-hybridized carbons (Fsp3) is 0.417. The van der Waals surface area contributed by atoms with Crippen molar-refractivity contribution in [2.45, 2.75) is 6.42 Å². The van der Waals surface area contributed by atoms with Gasteiger partial charge < -0.3 is 10.2 Å². The second-order valence-electron chi connectivity index (χ2n) is 3.45. The zero-order valence-electron chi connectivity index (χ0n) is 9.54. The van der Waals surface area contributed by atoms with Crippen molar-refractivity contribution in [1.82, 2.24) is 10.3 Å². The van der Waals surface area contributed by atoms with Crippen molar-refractivity contribution in [2.24, 2.45) is 0 Å². The van der Waals surface area contributed by atoms with Gasteiger partial charge in [-0.15, -0.1) is 0 Å². The molecule has 0 bridgehead atoms. The molecule has 0 aromatic carbocycles. The molecule has 0 atom stereocenters. The van der Waals surface area contributed by atoms with E-state index in [1.54, 1.807) is 0 Å². The molecule has 0 fully saturated rings. The molecule has 3 heteroatoms. The minimum atomic E-state index is 0.867. The lowest BCUT2D eigenvalue weighted by Gasteiger charge is -2.09. The molecular weight excluding hydrogens is 186 g/mol. The normalized spacial score (nSPS) is 9.27. The Morgan fingerprint density at radius 1 is 1.40 bits per heavy atom. The first-order chi connectivity index (χ1) is 7.24. The molecule has 1 aromatic rings. The van der Waals surface area contributed by atoms with E-state index in [0.717, 1.165) is 24.3 Å². The molecule has 80 valence electrons. The molecule has 1 heterocycles. The van der Waals surface area contributed by atoms with Crippen LogP contribution in [0.5, 0.6) is 0 Å². The lowest BCUT2D eigenvalue weighted by atomic mass is 10.2. The second-order valence-corrected chi connectivity index (χ2v) is 3.45. The summed E-state index contributed by atoms with van der Waals surface area (Å²) in [6.07, 6.45) is 2.67. The van der Waals surface area contributed by atoms with Crippen LogP contribution in [0.2, 0.25) is 0 Å². The van der Waals surface area contributed by atoms with Crippen LogP contribution in [-0.2, 0) is 0 Å². The average Bonchev–Trinajstić information content (AvgIpc) is 2.25. The summed E-state index contributed by atoms with van der Waals surface area (Å²) < 4.78 is 0. The average molecular weight is 203 g/mol. The van der Waals surface area contributed by atoms with E-state index in [-0.39, 0.29) is 0 Å². The van der Waals surface area contributed by atoms with Crippen molar-refractivity contribution >= 4 is 5.82 Å². The topological polar surface area (TPSA) is 28.2 Å². The fourth-order valence-corrected chi connectivity index (χ4v) is 1.08. The third-order valence-corrected chi connectivity index (χ3v) is 1.94. The molecule has 0 amide bonds. The maximum Gasteiger partial charge on any atom is 0.128 e. The quantitative estimate of drug-likeness (QED) is 0.589. The molecule has 15 heavy (non-hydrogen) atoms. The van der Waals surface area contributed by atoms with Gasteiger partial charge in [0.25, 0.3) is 0 Å². The van der Waals surface area contributed by atoms with Crippen LogP contribution in [-0.4, -0.2) is 32.7 Å². The number of aromatic nitrogens is 1. The molecule has 0 saturated carbocycles. The second kappa shape index (κ2) is 6.05. The van der Waals surface area contributed by atoms with E-state index in [0.29, 0.717) is 0 Å². The molecule has 1 N–H and O–H groups in total. The summed E-state index contributed by atoms with van der Waals surface area (Å²) in [7, 11) is 5.87.